The number of hydrogen-bond acceptors (Lipinski definition) is 5. The summed E-state index contributed by atoms with van der Waals surface area (Å²) >= 11 is 12.3. The van der Waals surface area contributed by atoms with Crippen LogP contribution in [0.1, 0.15) is 15.9 Å². The van der Waals surface area contributed by atoms with Crippen molar-refractivity contribution >= 4 is 51.4 Å². The SMILES string of the molecule is COCc1cnc2c(NC(=O)c3c(Cl)cccc3Cl)cccc2c1NCCN. The number of methoxy groups -OCH3 is 1. The molecule has 1 amide bonds. The average molecular weight is 419 g/mol. The molecule has 1 heterocycles. The van der Waals surface area contributed by atoms with Gasteiger partial charge in [-0.2, -0.15) is 0 Å². The number of nitrogens with one attached hydrogen (secondary N) is 2. The number of pyridine rings is 1. The number of para-hydroxylation sites is 1. The molecule has 0 unspecified atom stereocenters. The highest BCUT2D eigenvalue weighted by Crippen LogP contribution is 2.32. The number of benzene rings is 2. The van der Waals surface area contributed by atoms with Gasteiger partial charge >= 0.3 is 0 Å². The van der Waals surface area contributed by atoms with Gasteiger partial charge in [-0.15, -0.1) is 0 Å². The number of halogens is 2. The van der Waals surface area contributed by atoms with E-state index in [1.54, 1.807) is 37.6 Å². The summed E-state index contributed by atoms with van der Waals surface area (Å²) in [5.41, 5.74) is 8.84. The minimum atomic E-state index is -0.401. The third-order valence-corrected chi connectivity index (χ3v) is 4.79. The van der Waals surface area contributed by atoms with Gasteiger partial charge in [-0.05, 0) is 18.2 Å². The van der Waals surface area contributed by atoms with Crippen LogP contribution in [0.3, 0.4) is 0 Å². The van der Waals surface area contributed by atoms with E-state index in [1.807, 2.05) is 12.1 Å². The molecule has 0 saturated carbocycles. The smallest absolute Gasteiger partial charge is 0.258 e. The largest absolute Gasteiger partial charge is 0.383 e. The zero-order chi connectivity index (χ0) is 20.1. The summed E-state index contributed by atoms with van der Waals surface area (Å²) in [5.74, 6) is -0.401. The van der Waals surface area contributed by atoms with Gasteiger partial charge in [0.1, 0.15) is 0 Å². The minimum absolute atomic E-state index is 0.223. The molecule has 0 bridgehead atoms. The number of aromatic nitrogens is 1. The van der Waals surface area contributed by atoms with Crippen LogP contribution in [-0.4, -0.2) is 31.1 Å². The van der Waals surface area contributed by atoms with E-state index in [4.69, 9.17) is 33.7 Å². The second-order valence-corrected chi connectivity index (χ2v) is 6.87. The molecular weight excluding hydrogens is 399 g/mol. The number of rotatable bonds is 7. The van der Waals surface area contributed by atoms with Crippen LogP contribution in [0.15, 0.2) is 42.6 Å². The van der Waals surface area contributed by atoms with E-state index in [1.165, 1.54) is 0 Å². The minimum Gasteiger partial charge on any atom is -0.383 e. The predicted octanol–water partition coefficient (Wildman–Crippen LogP) is 4.31. The Bertz CT molecular complexity index is 991. The molecular formula is C20H20Cl2N4O2. The fourth-order valence-corrected chi connectivity index (χ4v) is 3.50. The fourth-order valence-electron chi connectivity index (χ4n) is 2.94. The second-order valence-electron chi connectivity index (χ2n) is 6.06. The van der Waals surface area contributed by atoms with E-state index in [-0.39, 0.29) is 15.6 Å². The van der Waals surface area contributed by atoms with Gasteiger partial charge in [0.25, 0.3) is 5.91 Å². The Kier molecular flexibility index (Phi) is 6.70. The Labute approximate surface area is 173 Å². The monoisotopic (exact) mass is 418 g/mol. The van der Waals surface area contributed by atoms with E-state index in [0.29, 0.717) is 30.9 Å². The van der Waals surface area contributed by atoms with Crippen LogP contribution in [0.5, 0.6) is 0 Å². The first-order chi connectivity index (χ1) is 13.6. The third-order valence-electron chi connectivity index (χ3n) is 4.16. The molecule has 0 atom stereocenters. The van der Waals surface area contributed by atoms with Crippen molar-refractivity contribution in [1.82, 2.24) is 4.98 Å². The molecule has 0 aliphatic rings. The van der Waals surface area contributed by atoms with Crippen molar-refractivity contribution in [3.8, 4) is 0 Å². The van der Waals surface area contributed by atoms with Gasteiger partial charge in [-0.3, -0.25) is 9.78 Å². The normalized spacial score (nSPS) is 10.9. The third kappa shape index (κ3) is 4.20. The summed E-state index contributed by atoms with van der Waals surface area (Å²) in [5, 5.41) is 7.60. The fraction of sp³-hybridized carbons (Fsp3) is 0.200. The van der Waals surface area contributed by atoms with E-state index < -0.39 is 5.91 Å². The molecule has 2 aromatic carbocycles. The molecule has 3 rings (SSSR count). The molecule has 4 N–H and O–H groups in total. The molecule has 0 radical (unpaired) electrons. The van der Waals surface area contributed by atoms with Crippen molar-refractivity contribution in [3.63, 3.8) is 0 Å². The number of carbonyl (C=O) groups excluding carboxylic acids is 1. The van der Waals surface area contributed by atoms with Crippen molar-refractivity contribution in [1.29, 1.82) is 0 Å². The quantitative estimate of drug-likeness (QED) is 0.531. The maximum absolute atomic E-state index is 12.8. The number of amides is 1. The Balaban J connectivity index is 2.04. The second kappa shape index (κ2) is 9.21. The van der Waals surface area contributed by atoms with Crippen LogP contribution < -0.4 is 16.4 Å². The van der Waals surface area contributed by atoms with Gasteiger partial charge in [0.05, 0.1) is 39.1 Å². The molecule has 6 nitrogen and oxygen atoms in total. The number of hydrogen-bond donors (Lipinski definition) is 3. The van der Waals surface area contributed by atoms with Gasteiger partial charge < -0.3 is 21.1 Å². The van der Waals surface area contributed by atoms with Gasteiger partial charge in [0.2, 0.25) is 0 Å². The lowest BCUT2D eigenvalue weighted by atomic mass is 10.1. The topological polar surface area (TPSA) is 89.3 Å². The Morgan fingerprint density at radius 2 is 1.89 bits per heavy atom. The number of carbonyl (C=O) groups is 1. The molecule has 8 heteroatoms. The van der Waals surface area contributed by atoms with Crippen molar-refractivity contribution in [3.05, 3.63) is 63.8 Å². The van der Waals surface area contributed by atoms with E-state index in [9.17, 15) is 4.79 Å². The molecule has 146 valence electrons. The molecule has 3 aromatic rings. The van der Waals surface area contributed by atoms with Gasteiger partial charge in [0, 0.05) is 37.3 Å². The molecule has 0 aliphatic heterocycles. The van der Waals surface area contributed by atoms with E-state index in [2.05, 4.69) is 15.6 Å². The first-order valence-electron chi connectivity index (χ1n) is 8.65. The number of fused-ring (bicyclic) bond motifs is 1. The summed E-state index contributed by atoms with van der Waals surface area (Å²) in [6, 6.07) is 10.5. The lowest BCUT2D eigenvalue weighted by molar-refractivity contribution is 0.102. The van der Waals surface area contributed by atoms with Crippen molar-refractivity contribution in [2.45, 2.75) is 6.61 Å². The zero-order valence-corrected chi connectivity index (χ0v) is 16.8. The maximum Gasteiger partial charge on any atom is 0.258 e. The first-order valence-corrected chi connectivity index (χ1v) is 9.41. The van der Waals surface area contributed by atoms with E-state index >= 15 is 0 Å². The summed E-state index contributed by atoms with van der Waals surface area (Å²) in [7, 11) is 1.63. The summed E-state index contributed by atoms with van der Waals surface area (Å²) in [6.07, 6.45) is 1.73. The lowest BCUT2D eigenvalue weighted by Gasteiger charge is -2.16. The highest BCUT2D eigenvalue weighted by molar-refractivity contribution is 6.40. The Morgan fingerprint density at radius 3 is 2.57 bits per heavy atom. The van der Waals surface area contributed by atoms with Crippen molar-refractivity contribution < 1.29 is 9.53 Å². The summed E-state index contributed by atoms with van der Waals surface area (Å²) < 4.78 is 5.27. The number of nitrogens with zero attached hydrogens (tertiary/aromatic N) is 1. The lowest BCUT2D eigenvalue weighted by Crippen LogP contribution is -2.16. The maximum atomic E-state index is 12.8. The van der Waals surface area contributed by atoms with Gasteiger partial charge in [-0.1, -0.05) is 41.4 Å². The Morgan fingerprint density at radius 1 is 1.18 bits per heavy atom. The Hall–Kier alpha value is -2.38. The molecule has 28 heavy (non-hydrogen) atoms. The highest BCUT2D eigenvalue weighted by atomic mass is 35.5. The van der Waals surface area contributed by atoms with E-state index in [0.717, 1.165) is 16.6 Å². The first kappa shape index (κ1) is 20.4. The van der Waals surface area contributed by atoms with Crippen LogP contribution >= 0.6 is 23.2 Å². The van der Waals surface area contributed by atoms with Crippen LogP contribution in [0, 0.1) is 0 Å². The molecule has 0 spiro atoms. The zero-order valence-electron chi connectivity index (χ0n) is 15.3. The standard InChI is InChI=1S/C20H20Cl2N4O2/c1-28-11-12-10-25-19-13(18(12)24-9-8-23)4-2-7-16(19)26-20(27)17-14(21)5-3-6-15(17)22/h2-7,10H,8-9,11,23H2,1H3,(H,24,25)(H,26,27). The predicted molar refractivity (Wildman–Crippen MR) is 114 cm³/mol. The number of ether oxygens (including phenoxy) is 1. The number of nitrogens with two attached hydrogens (primary N) is 1. The highest BCUT2D eigenvalue weighted by Gasteiger charge is 2.17. The van der Waals surface area contributed by atoms with Crippen LogP contribution in [0.25, 0.3) is 10.9 Å². The summed E-state index contributed by atoms with van der Waals surface area (Å²) in [6.45, 7) is 1.49. The van der Waals surface area contributed by atoms with Crippen molar-refractivity contribution in [2.75, 3.05) is 30.8 Å². The molecule has 0 fully saturated rings. The van der Waals surface area contributed by atoms with Crippen LogP contribution in [0.4, 0.5) is 11.4 Å². The molecule has 0 saturated heterocycles. The summed E-state index contributed by atoms with van der Waals surface area (Å²) in [4.78, 5) is 17.3. The molecule has 0 aliphatic carbocycles. The average Bonchev–Trinajstić information content (AvgIpc) is 2.67. The van der Waals surface area contributed by atoms with Crippen LogP contribution in [0.2, 0.25) is 10.0 Å². The van der Waals surface area contributed by atoms with Crippen molar-refractivity contribution in [2.24, 2.45) is 5.73 Å². The number of anilines is 2. The van der Waals surface area contributed by atoms with Crippen LogP contribution in [-0.2, 0) is 11.3 Å². The van der Waals surface area contributed by atoms with Gasteiger partial charge in [0.15, 0.2) is 0 Å². The molecule has 1 aromatic heterocycles. The van der Waals surface area contributed by atoms with Gasteiger partial charge in [-0.25, -0.2) is 0 Å².